The zero-order valence-corrected chi connectivity index (χ0v) is 11.8. The number of benzene rings is 1. The highest BCUT2D eigenvalue weighted by Crippen LogP contribution is 2.19. The highest BCUT2D eigenvalue weighted by Gasteiger charge is 2.01. The van der Waals surface area contributed by atoms with Crippen molar-refractivity contribution in [3.8, 4) is 17.6 Å². The normalized spacial score (nSPS) is 9.95. The molecule has 0 fully saturated rings. The molecule has 20 heavy (non-hydrogen) atoms. The Balaban J connectivity index is 1.92. The molecule has 0 aliphatic carbocycles. The lowest BCUT2D eigenvalue weighted by Gasteiger charge is -2.08. The number of aryl methyl sites for hydroxylation is 2. The van der Waals surface area contributed by atoms with Gasteiger partial charge in [0.15, 0.2) is 0 Å². The molecule has 0 saturated carbocycles. The smallest absolute Gasteiger partial charge is 0.122 e. The maximum atomic E-state index is 8.67. The second kappa shape index (κ2) is 6.78. The van der Waals surface area contributed by atoms with E-state index in [1.807, 2.05) is 44.6 Å². The monoisotopic (exact) mass is 270 g/mol. The molecular formula is C16H18N2O2. The summed E-state index contributed by atoms with van der Waals surface area (Å²) in [6, 6.07) is 5.77. The second-order valence-electron chi connectivity index (χ2n) is 4.56. The molecule has 2 rings (SSSR count). The van der Waals surface area contributed by atoms with Crippen LogP contribution in [-0.2, 0) is 13.5 Å². The highest BCUT2D eigenvalue weighted by atomic mass is 16.5. The standard InChI is InChI=1S/C16H18N2O2/c1-13-10-14(4-3-8-19)5-6-16(13)20-9-7-15-11-17-18(2)12-15/h5-6,10-12,19H,7-9H2,1-2H3. The first-order chi connectivity index (χ1) is 9.69. The van der Waals surface area contributed by atoms with Crippen molar-refractivity contribution in [2.75, 3.05) is 13.2 Å². The van der Waals surface area contributed by atoms with E-state index >= 15 is 0 Å². The molecule has 1 heterocycles. The molecule has 1 aromatic heterocycles. The van der Waals surface area contributed by atoms with Gasteiger partial charge in [-0.15, -0.1) is 0 Å². The Bertz CT molecular complexity index is 635. The van der Waals surface area contributed by atoms with E-state index in [1.54, 1.807) is 4.68 Å². The number of hydrogen-bond acceptors (Lipinski definition) is 3. The fourth-order valence-corrected chi connectivity index (χ4v) is 1.91. The molecule has 0 saturated heterocycles. The molecule has 0 aliphatic heterocycles. The van der Waals surface area contributed by atoms with Crippen LogP contribution in [0.3, 0.4) is 0 Å². The third-order valence-corrected chi connectivity index (χ3v) is 2.89. The van der Waals surface area contributed by atoms with Crippen LogP contribution in [0.5, 0.6) is 5.75 Å². The van der Waals surface area contributed by atoms with E-state index in [0.29, 0.717) is 6.61 Å². The number of nitrogens with zero attached hydrogens (tertiary/aromatic N) is 2. The van der Waals surface area contributed by atoms with Gasteiger partial charge in [0.05, 0.1) is 12.8 Å². The lowest BCUT2D eigenvalue weighted by molar-refractivity contribution is 0.320. The summed E-state index contributed by atoms with van der Waals surface area (Å²) in [4.78, 5) is 0. The zero-order valence-electron chi connectivity index (χ0n) is 11.8. The molecule has 0 unspecified atom stereocenters. The molecule has 4 heteroatoms. The van der Waals surface area contributed by atoms with E-state index in [4.69, 9.17) is 9.84 Å². The lowest BCUT2D eigenvalue weighted by Crippen LogP contribution is -2.02. The van der Waals surface area contributed by atoms with Crippen molar-refractivity contribution >= 4 is 0 Å². The van der Waals surface area contributed by atoms with E-state index in [0.717, 1.165) is 28.9 Å². The maximum Gasteiger partial charge on any atom is 0.122 e. The molecule has 0 spiro atoms. The zero-order chi connectivity index (χ0) is 14.4. The van der Waals surface area contributed by atoms with Gasteiger partial charge in [0, 0.05) is 25.2 Å². The maximum absolute atomic E-state index is 8.67. The summed E-state index contributed by atoms with van der Waals surface area (Å²) < 4.78 is 7.56. The van der Waals surface area contributed by atoms with Gasteiger partial charge in [-0.25, -0.2) is 0 Å². The third-order valence-electron chi connectivity index (χ3n) is 2.89. The van der Waals surface area contributed by atoms with Crippen LogP contribution in [-0.4, -0.2) is 28.1 Å². The molecule has 0 bridgehead atoms. The SMILES string of the molecule is Cc1cc(C#CCO)ccc1OCCc1cnn(C)c1. The molecule has 0 radical (unpaired) electrons. The van der Waals surface area contributed by atoms with Crippen molar-refractivity contribution in [1.29, 1.82) is 0 Å². The van der Waals surface area contributed by atoms with E-state index in [1.165, 1.54) is 0 Å². The summed E-state index contributed by atoms with van der Waals surface area (Å²) in [6.07, 6.45) is 4.67. The minimum absolute atomic E-state index is 0.123. The first-order valence-electron chi connectivity index (χ1n) is 6.50. The van der Waals surface area contributed by atoms with E-state index in [2.05, 4.69) is 16.9 Å². The van der Waals surface area contributed by atoms with Gasteiger partial charge in [-0.1, -0.05) is 11.8 Å². The van der Waals surface area contributed by atoms with Gasteiger partial charge in [0.1, 0.15) is 12.4 Å². The number of aliphatic hydroxyl groups is 1. The third kappa shape index (κ3) is 3.87. The van der Waals surface area contributed by atoms with Crippen LogP contribution in [0.2, 0.25) is 0 Å². The Kier molecular flexibility index (Phi) is 4.80. The summed E-state index contributed by atoms with van der Waals surface area (Å²) in [6.45, 7) is 2.49. The van der Waals surface area contributed by atoms with Crippen LogP contribution in [0.1, 0.15) is 16.7 Å². The Morgan fingerprint density at radius 1 is 1.40 bits per heavy atom. The average Bonchev–Trinajstić information content (AvgIpc) is 2.84. The van der Waals surface area contributed by atoms with Crippen LogP contribution in [0.25, 0.3) is 0 Å². The van der Waals surface area contributed by atoms with Crippen LogP contribution >= 0.6 is 0 Å². The van der Waals surface area contributed by atoms with E-state index in [-0.39, 0.29) is 6.61 Å². The summed E-state index contributed by atoms with van der Waals surface area (Å²) in [5, 5.41) is 12.8. The highest BCUT2D eigenvalue weighted by molar-refractivity contribution is 5.43. The molecular weight excluding hydrogens is 252 g/mol. The quantitative estimate of drug-likeness (QED) is 0.860. The molecule has 4 nitrogen and oxygen atoms in total. The fourth-order valence-electron chi connectivity index (χ4n) is 1.91. The lowest BCUT2D eigenvalue weighted by atomic mass is 10.1. The molecule has 0 atom stereocenters. The van der Waals surface area contributed by atoms with Crippen LogP contribution in [0.4, 0.5) is 0 Å². The van der Waals surface area contributed by atoms with Crippen LogP contribution < -0.4 is 4.74 Å². The summed E-state index contributed by atoms with van der Waals surface area (Å²) >= 11 is 0. The van der Waals surface area contributed by atoms with Gasteiger partial charge in [0.2, 0.25) is 0 Å². The Morgan fingerprint density at radius 2 is 2.25 bits per heavy atom. The molecule has 2 aromatic rings. The minimum atomic E-state index is -0.123. The fraction of sp³-hybridized carbons (Fsp3) is 0.312. The Morgan fingerprint density at radius 3 is 2.90 bits per heavy atom. The number of hydrogen-bond donors (Lipinski definition) is 1. The predicted octanol–water partition coefficient (Wildman–Crippen LogP) is 1.69. The molecule has 1 N–H and O–H groups in total. The van der Waals surface area contributed by atoms with Gasteiger partial charge in [-0.3, -0.25) is 4.68 Å². The van der Waals surface area contributed by atoms with Crippen molar-refractivity contribution in [1.82, 2.24) is 9.78 Å². The van der Waals surface area contributed by atoms with Crippen LogP contribution in [0, 0.1) is 18.8 Å². The van der Waals surface area contributed by atoms with Crippen molar-refractivity contribution in [3.63, 3.8) is 0 Å². The minimum Gasteiger partial charge on any atom is -0.493 e. The van der Waals surface area contributed by atoms with Gasteiger partial charge in [-0.05, 0) is 36.2 Å². The summed E-state index contributed by atoms with van der Waals surface area (Å²) in [5.41, 5.74) is 3.09. The van der Waals surface area contributed by atoms with Gasteiger partial charge in [0.25, 0.3) is 0 Å². The average molecular weight is 270 g/mol. The van der Waals surface area contributed by atoms with Crippen LogP contribution in [0.15, 0.2) is 30.6 Å². The Hall–Kier alpha value is -2.25. The van der Waals surface area contributed by atoms with E-state index in [9.17, 15) is 0 Å². The molecule has 104 valence electrons. The Labute approximate surface area is 119 Å². The second-order valence-corrected chi connectivity index (χ2v) is 4.56. The first-order valence-corrected chi connectivity index (χ1v) is 6.50. The van der Waals surface area contributed by atoms with Gasteiger partial charge >= 0.3 is 0 Å². The van der Waals surface area contributed by atoms with E-state index < -0.39 is 0 Å². The molecule has 1 aromatic carbocycles. The van der Waals surface area contributed by atoms with Crippen molar-refractivity contribution < 1.29 is 9.84 Å². The number of rotatable bonds is 4. The van der Waals surface area contributed by atoms with Crippen molar-refractivity contribution in [3.05, 3.63) is 47.3 Å². The number of aromatic nitrogens is 2. The topological polar surface area (TPSA) is 47.3 Å². The van der Waals surface area contributed by atoms with Crippen molar-refractivity contribution in [2.45, 2.75) is 13.3 Å². The number of ether oxygens (including phenoxy) is 1. The molecule has 0 amide bonds. The summed E-state index contributed by atoms with van der Waals surface area (Å²) in [7, 11) is 1.90. The summed E-state index contributed by atoms with van der Waals surface area (Å²) in [5.74, 6) is 6.38. The largest absolute Gasteiger partial charge is 0.493 e. The van der Waals surface area contributed by atoms with Crippen molar-refractivity contribution in [2.24, 2.45) is 7.05 Å². The van der Waals surface area contributed by atoms with Gasteiger partial charge < -0.3 is 9.84 Å². The van der Waals surface area contributed by atoms with Gasteiger partial charge in [-0.2, -0.15) is 5.10 Å². The number of aliphatic hydroxyl groups excluding tert-OH is 1. The first kappa shape index (κ1) is 14.2. The molecule has 0 aliphatic rings. The predicted molar refractivity (Wildman–Crippen MR) is 77.5 cm³/mol.